The van der Waals surface area contributed by atoms with E-state index in [1.54, 1.807) is 11.1 Å². The van der Waals surface area contributed by atoms with Crippen molar-refractivity contribution in [2.24, 2.45) is 0 Å². The molecule has 194 valence electrons. The van der Waals surface area contributed by atoms with Crippen molar-refractivity contribution in [2.45, 2.75) is 112 Å². The van der Waals surface area contributed by atoms with Gasteiger partial charge >= 0.3 is 0 Å². The summed E-state index contributed by atoms with van der Waals surface area (Å²) in [4.78, 5) is 0. The van der Waals surface area contributed by atoms with E-state index in [0.29, 0.717) is 0 Å². The maximum atomic E-state index is 2.59. The normalized spacial score (nSPS) is 12.5. The standard InChI is InChI=1S/C37H46/c1-6-7-8-9-10-11-12-13-14-15-18-29-23-33-34-24-30-19-16-17-20-31(30)37(34)32-22-21-25(2)26(3)35(32)36(33)28(5)27(29)4/h16-17,19-23H,6-15,18,24H2,1-5H3. The molecule has 0 atom stereocenters. The van der Waals surface area contributed by atoms with Crippen LogP contribution in [-0.2, 0) is 12.8 Å². The fraction of sp³-hybridized carbons (Fsp3) is 0.459. The highest BCUT2D eigenvalue weighted by Gasteiger charge is 2.26. The molecule has 4 aromatic rings. The first kappa shape index (κ1) is 26.0. The van der Waals surface area contributed by atoms with Crippen LogP contribution in [0, 0.1) is 27.7 Å². The van der Waals surface area contributed by atoms with Crippen molar-refractivity contribution in [2.75, 3.05) is 0 Å². The molecule has 0 nitrogen and oxygen atoms in total. The van der Waals surface area contributed by atoms with Crippen LogP contribution in [0.5, 0.6) is 0 Å². The molecule has 4 aromatic carbocycles. The molecule has 1 aliphatic carbocycles. The van der Waals surface area contributed by atoms with Gasteiger partial charge in [0, 0.05) is 0 Å². The number of unbranched alkanes of at least 4 members (excludes halogenated alkanes) is 9. The number of rotatable bonds is 11. The van der Waals surface area contributed by atoms with Gasteiger partial charge in [-0.15, -0.1) is 0 Å². The zero-order valence-corrected chi connectivity index (χ0v) is 24.0. The topological polar surface area (TPSA) is 0 Å². The number of benzene rings is 4. The summed E-state index contributed by atoms with van der Waals surface area (Å²) in [5.74, 6) is 0. The summed E-state index contributed by atoms with van der Waals surface area (Å²) in [6.45, 7) is 11.7. The van der Waals surface area contributed by atoms with E-state index >= 15 is 0 Å². The maximum absolute atomic E-state index is 2.59. The third kappa shape index (κ3) is 4.97. The number of aryl methyl sites for hydroxylation is 4. The first-order chi connectivity index (χ1) is 18.0. The van der Waals surface area contributed by atoms with Gasteiger partial charge in [0.1, 0.15) is 0 Å². The van der Waals surface area contributed by atoms with Crippen molar-refractivity contribution in [3.05, 3.63) is 81.4 Å². The predicted molar refractivity (Wildman–Crippen MR) is 164 cm³/mol. The van der Waals surface area contributed by atoms with Crippen molar-refractivity contribution >= 4 is 21.5 Å². The largest absolute Gasteiger partial charge is 0.0654 e. The van der Waals surface area contributed by atoms with Gasteiger partial charge in [0.25, 0.3) is 0 Å². The molecule has 0 radical (unpaired) electrons. The third-order valence-electron chi connectivity index (χ3n) is 9.34. The van der Waals surface area contributed by atoms with Crippen LogP contribution in [-0.4, -0.2) is 0 Å². The van der Waals surface area contributed by atoms with Gasteiger partial charge in [-0.3, -0.25) is 0 Å². The van der Waals surface area contributed by atoms with E-state index in [1.807, 2.05) is 0 Å². The minimum absolute atomic E-state index is 1.06. The molecular weight excluding hydrogens is 444 g/mol. The second kappa shape index (κ2) is 11.4. The van der Waals surface area contributed by atoms with Crippen LogP contribution < -0.4 is 0 Å². The number of hydrogen-bond donors (Lipinski definition) is 0. The zero-order valence-electron chi connectivity index (χ0n) is 24.0. The molecule has 0 amide bonds. The van der Waals surface area contributed by atoms with E-state index in [4.69, 9.17) is 0 Å². The van der Waals surface area contributed by atoms with Crippen molar-refractivity contribution in [3.8, 4) is 11.1 Å². The summed E-state index contributed by atoms with van der Waals surface area (Å²) >= 11 is 0. The van der Waals surface area contributed by atoms with E-state index in [-0.39, 0.29) is 0 Å². The molecule has 0 bridgehead atoms. The molecule has 1 aliphatic rings. The van der Waals surface area contributed by atoms with Gasteiger partial charge in [0.2, 0.25) is 0 Å². The summed E-state index contributed by atoms with van der Waals surface area (Å²) in [7, 11) is 0. The molecule has 0 heteroatoms. The molecule has 0 aliphatic heterocycles. The smallest absolute Gasteiger partial charge is 0.000705 e. The molecule has 37 heavy (non-hydrogen) atoms. The second-order valence-corrected chi connectivity index (χ2v) is 11.8. The fourth-order valence-corrected chi connectivity index (χ4v) is 6.85. The Labute approximate surface area is 225 Å². The lowest BCUT2D eigenvalue weighted by Gasteiger charge is -2.20. The Morgan fingerprint density at radius 3 is 2.00 bits per heavy atom. The van der Waals surface area contributed by atoms with Crippen LogP contribution in [0.1, 0.15) is 110 Å². The average Bonchev–Trinajstić information content (AvgIpc) is 3.30. The fourth-order valence-electron chi connectivity index (χ4n) is 6.85. The lowest BCUT2D eigenvalue weighted by atomic mass is 9.83. The number of hydrogen-bond acceptors (Lipinski definition) is 0. The molecular formula is C37H46. The Bertz CT molecular complexity index is 1420. The minimum Gasteiger partial charge on any atom is -0.0654 e. The molecule has 5 rings (SSSR count). The van der Waals surface area contributed by atoms with Crippen molar-refractivity contribution in [3.63, 3.8) is 0 Å². The summed E-state index contributed by atoms with van der Waals surface area (Å²) in [6.07, 6.45) is 16.3. The van der Waals surface area contributed by atoms with Crippen molar-refractivity contribution < 1.29 is 0 Å². The van der Waals surface area contributed by atoms with Gasteiger partial charge < -0.3 is 0 Å². The number of fused-ring (bicyclic) bond motifs is 8. The van der Waals surface area contributed by atoms with Crippen molar-refractivity contribution in [1.82, 2.24) is 0 Å². The Kier molecular flexibility index (Phi) is 8.04. The Balaban J connectivity index is 1.44. The summed E-state index contributed by atoms with van der Waals surface area (Å²) < 4.78 is 0. The van der Waals surface area contributed by atoms with Crippen LogP contribution in [0.25, 0.3) is 32.7 Å². The average molecular weight is 491 g/mol. The van der Waals surface area contributed by atoms with Gasteiger partial charge in [0.05, 0.1) is 0 Å². The lowest BCUT2D eigenvalue weighted by molar-refractivity contribution is 0.556. The highest BCUT2D eigenvalue weighted by atomic mass is 14.3. The van der Waals surface area contributed by atoms with Crippen molar-refractivity contribution in [1.29, 1.82) is 0 Å². The lowest BCUT2D eigenvalue weighted by Crippen LogP contribution is -1.99. The molecule has 0 saturated heterocycles. The maximum Gasteiger partial charge on any atom is -0.000705 e. The molecule has 0 N–H and O–H groups in total. The predicted octanol–water partition coefficient (Wildman–Crippen LogP) is 11.3. The van der Waals surface area contributed by atoms with Crippen LogP contribution in [0.4, 0.5) is 0 Å². The molecule has 0 unspecified atom stereocenters. The Hall–Kier alpha value is -2.60. The van der Waals surface area contributed by atoms with Gasteiger partial charge in [-0.2, -0.15) is 0 Å². The first-order valence-electron chi connectivity index (χ1n) is 15.1. The van der Waals surface area contributed by atoms with E-state index in [2.05, 4.69) is 77.1 Å². The highest BCUT2D eigenvalue weighted by molar-refractivity contribution is 6.20. The third-order valence-corrected chi connectivity index (χ3v) is 9.34. The van der Waals surface area contributed by atoms with Crippen LogP contribution in [0.2, 0.25) is 0 Å². The van der Waals surface area contributed by atoms with E-state index < -0.39 is 0 Å². The quantitative estimate of drug-likeness (QED) is 0.127. The van der Waals surface area contributed by atoms with E-state index in [1.165, 1.54) is 131 Å². The van der Waals surface area contributed by atoms with E-state index in [0.717, 1.165) is 6.42 Å². The SMILES string of the molecule is CCCCCCCCCCCCc1cc2c3c(c4ccc(C)c(C)c4c2c(C)c1C)-c1ccccc1C3. The van der Waals surface area contributed by atoms with Crippen LogP contribution >= 0.6 is 0 Å². The monoisotopic (exact) mass is 490 g/mol. The van der Waals surface area contributed by atoms with Gasteiger partial charge in [0.15, 0.2) is 0 Å². The molecule has 0 aromatic heterocycles. The van der Waals surface area contributed by atoms with Crippen LogP contribution in [0.15, 0.2) is 42.5 Å². The Morgan fingerprint density at radius 1 is 0.622 bits per heavy atom. The van der Waals surface area contributed by atoms with Gasteiger partial charge in [-0.1, -0.05) is 107 Å². The molecule has 0 heterocycles. The first-order valence-corrected chi connectivity index (χ1v) is 15.1. The van der Waals surface area contributed by atoms with Crippen LogP contribution in [0.3, 0.4) is 0 Å². The Morgan fingerprint density at radius 2 is 1.27 bits per heavy atom. The molecule has 0 fully saturated rings. The summed E-state index contributed by atoms with van der Waals surface area (Å²) in [5.41, 5.74) is 13.4. The summed E-state index contributed by atoms with van der Waals surface area (Å²) in [5, 5.41) is 5.95. The van der Waals surface area contributed by atoms with Gasteiger partial charge in [-0.05, 0) is 119 Å². The summed E-state index contributed by atoms with van der Waals surface area (Å²) in [6, 6.07) is 16.4. The zero-order chi connectivity index (χ0) is 25.9. The molecule has 0 spiro atoms. The van der Waals surface area contributed by atoms with E-state index in [9.17, 15) is 0 Å². The highest BCUT2D eigenvalue weighted by Crippen LogP contribution is 2.48. The molecule has 0 saturated carbocycles. The van der Waals surface area contributed by atoms with Gasteiger partial charge in [-0.25, -0.2) is 0 Å². The second-order valence-electron chi connectivity index (χ2n) is 11.8. The minimum atomic E-state index is 1.06.